The fourth-order valence-corrected chi connectivity index (χ4v) is 3.17. The Morgan fingerprint density at radius 2 is 2.11 bits per heavy atom. The molecule has 0 unspecified atom stereocenters. The summed E-state index contributed by atoms with van der Waals surface area (Å²) in [6, 6.07) is 8.13. The van der Waals surface area contributed by atoms with E-state index in [1.807, 2.05) is 24.4 Å². The van der Waals surface area contributed by atoms with E-state index in [2.05, 4.69) is 15.5 Å². The second kappa shape index (κ2) is 5.44. The van der Waals surface area contributed by atoms with Gasteiger partial charge in [-0.2, -0.15) is 5.26 Å². The lowest BCUT2D eigenvalue weighted by Crippen LogP contribution is -2.08. The first-order valence-electron chi connectivity index (χ1n) is 7.24. The smallest absolute Gasteiger partial charge is 0.166 e. The zero-order valence-electron chi connectivity index (χ0n) is 11.2. The van der Waals surface area contributed by atoms with Crippen molar-refractivity contribution in [3.05, 3.63) is 35.9 Å². The van der Waals surface area contributed by atoms with E-state index < -0.39 is 0 Å². The van der Waals surface area contributed by atoms with Gasteiger partial charge in [0.05, 0.1) is 5.52 Å². The van der Waals surface area contributed by atoms with Crippen molar-refractivity contribution in [3.63, 3.8) is 0 Å². The minimum absolute atomic E-state index is 0.555. The Morgan fingerprint density at radius 1 is 1.26 bits per heavy atom. The highest BCUT2D eigenvalue weighted by Gasteiger charge is 2.15. The molecule has 3 rings (SSSR count). The summed E-state index contributed by atoms with van der Waals surface area (Å²) in [5.74, 6) is 1.90. The van der Waals surface area contributed by atoms with Gasteiger partial charge in [-0.15, -0.1) is 0 Å². The van der Waals surface area contributed by atoms with Gasteiger partial charge >= 0.3 is 0 Å². The largest absolute Gasteiger partial charge is 0.302 e. The van der Waals surface area contributed by atoms with Crippen molar-refractivity contribution >= 4 is 5.52 Å². The number of nitrogens with zero attached hydrogens (tertiary/aromatic N) is 3. The van der Waals surface area contributed by atoms with Crippen LogP contribution in [0.5, 0.6) is 0 Å². The van der Waals surface area contributed by atoms with E-state index in [9.17, 15) is 0 Å². The molecule has 2 heterocycles. The minimum Gasteiger partial charge on any atom is -0.302 e. The SMILES string of the molecule is N#Cc1nc(CCC2CCCCC2)n2ccccc12. The lowest BCUT2D eigenvalue weighted by atomic mass is 9.86. The van der Waals surface area contributed by atoms with Crippen molar-refractivity contribution in [1.82, 2.24) is 9.38 Å². The maximum atomic E-state index is 9.14. The molecule has 0 aliphatic heterocycles. The van der Waals surface area contributed by atoms with E-state index >= 15 is 0 Å². The van der Waals surface area contributed by atoms with E-state index in [1.165, 1.54) is 38.5 Å². The van der Waals surface area contributed by atoms with E-state index in [4.69, 9.17) is 5.26 Å². The van der Waals surface area contributed by atoms with Crippen LogP contribution in [0.1, 0.15) is 50.0 Å². The number of fused-ring (bicyclic) bond motifs is 1. The number of aromatic nitrogens is 2. The molecule has 98 valence electrons. The monoisotopic (exact) mass is 253 g/mol. The number of pyridine rings is 1. The van der Waals surface area contributed by atoms with Gasteiger partial charge in [0.25, 0.3) is 0 Å². The number of rotatable bonds is 3. The molecule has 0 bridgehead atoms. The van der Waals surface area contributed by atoms with Crippen molar-refractivity contribution in [2.24, 2.45) is 5.92 Å². The maximum absolute atomic E-state index is 9.14. The fraction of sp³-hybridized carbons (Fsp3) is 0.500. The molecule has 19 heavy (non-hydrogen) atoms. The van der Waals surface area contributed by atoms with Crippen LogP contribution in [-0.2, 0) is 6.42 Å². The molecule has 2 aromatic heterocycles. The molecule has 0 saturated heterocycles. The third-order valence-electron chi connectivity index (χ3n) is 4.23. The Hall–Kier alpha value is -1.82. The molecule has 0 radical (unpaired) electrons. The highest BCUT2D eigenvalue weighted by atomic mass is 15.0. The Bertz CT molecular complexity index is 600. The zero-order chi connectivity index (χ0) is 13.1. The molecular weight excluding hydrogens is 234 g/mol. The van der Waals surface area contributed by atoms with Crippen molar-refractivity contribution < 1.29 is 0 Å². The second-order valence-electron chi connectivity index (χ2n) is 5.49. The van der Waals surface area contributed by atoms with E-state index in [-0.39, 0.29) is 0 Å². The first-order valence-corrected chi connectivity index (χ1v) is 7.24. The van der Waals surface area contributed by atoms with Crippen molar-refractivity contribution in [2.45, 2.75) is 44.9 Å². The van der Waals surface area contributed by atoms with E-state index in [0.29, 0.717) is 5.69 Å². The number of nitriles is 1. The molecule has 0 aromatic carbocycles. The molecule has 1 saturated carbocycles. The van der Waals surface area contributed by atoms with Crippen LogP contribution < -0.4 is 0 Å². The first kappa shape index (κ1) is 12.2. The third-order valence-corrected chi connectivity index (χ3v) is 4.23. The van der Waals surface area contributed by atoms with Crippen LogP contribution in [0.15, 0.2) is 24.4 Å². The summed E-state index contributed by atoms with van der Waals surface area (Å²) in [7, 11) is 0. The van der Waals surface area contributed by atoms with Crippen LogP contribution in [-0.4, -0.2) is 9.38 Å². The van der Waals surface area contributed by atoms with Crippen LogP contribution in [0.3, 0.4) is 0 Å². The van der Waals surface area contributed by atoms with Gasteiger partial charge in [-0.05, 0) is 24.5 Å². The summed E-state index contributed by atoms with van der Waals surface area (Å²) < 4.78 is 2.07. The molecule has 1 aliphatic carbocycles. The molecule has 0 spiro atoms. The Balaban J connectivity index is 1.79. The standard InChI is InChI=1S/C16H19N3/c17-12-14-15-8-4-5-11-19(15)16(18-14)10-9-13-6-2-1-3-7-13/h4-5,8,11,13H,1-3,6-7,9-10H2. The van der Waals surface area contributed by atoms with Crippen LogP contribution in [0.4, 0.5) is 0 Å². The summed E-state index contributed by atoms with van der Waals surface area (Å²) in [5.41, 5.74) is 1.49. The van der Waals surface area contributed by atoms with Crippen molar-refractivity contribution in [1.29, 1.82) is 5.26 Å². The van der Waals surface area contributed by atoms with Gasteiger partial charge in [0.15, 0.2) is 5.69 Å². The van der Waals surface area contributed by atoms with Gasteiger partial charge < -0.3 is 4.40 Å². The number of aryl methyl sites for hydroxylation is 1. The summed E-state index contributed by atoms with van der Waals surface area (Å²) >= 11 is 0. The molecule has 0 N–H and O–H groups in total. The Kier molecular flexibility index (Phi) is 3.50. The average Bonchev–Trinajstić information content (AvgIpc) is 2.84. The predicted molar refractivity (Wildman–Crippen MR) is 74.8 cm³/mol. The molecular formula is C16H19N3. The number of imidazole rings is 1. The van der Waals surface area contributed by atoms with Gasteiger partial charge in [-0.3, -0.25) is 0 Å². The number of hydrogen-bond donors (Lipinski definition) is 0. The van der Waals surface area contributed by atoms with Gasteiger partial charge in [-0.1, -0.05) is 38.2 Å². The van der Waals surface area contributed by atoms with Crippen LogP contribution in [0.2, 0.25) is 0 Å². The van der Waals surface area contributed by atoms with Crippen LogP contribution in [0.25, 0.3) is 5.52 Å². The summed E-state index contributed by atoms with van der Waals surface area (Å²) in [6.07, 6.45) is 11.1. The van der Waals surface area contributed by atoms with Crippen LogP contribution >= 0.6 is 0 Å². The van der Waals surface area contributed by atoms with E-state index in [0.717, 1.165) is 23.7 Å². The summed E-state index contributed by atoms with van der Waals surface area (Å²) in [4.78, 5) is 4.49. The first-order chi connectivity index (χ1) is 9.38. The molecule has 1 aliphatic rings. The second-order valence-corrected chi connectivity index (χ2v) is 5.49. The zero-order valence-corrected chi connectivity index (χ0v) is 11.2. The topological polar surface area (TPSA) is 41.1 Å². The molecule has 1 fully saturated rings. The van der Waals surface area contributed by atoms with Gasteiger partial charge in [0.1, 0.15) is 11.9 Å². The Labute approximate surface area is 113 Å². The summed E-state index contributed by atoms with van der Waals surface area (Å²) in [5, 5.41) is 9.14. The maximum Gasteiger partial charge on any atom is 0.166 e. The van der Waals surface area contributed by atoms with E-state index in [1.54, 1.807) is 0 Å². The minimum atomic E-state index is 0.555. The quantitative estimate of drug-likeness (QED) is 0.836. The van der Waals surface area contributed by atoms with Crippen molar-refractivity contribution in [2.75, 3.05) is 0 Å². The highest BCUT2D eigenvalue weighted by Crippen LogP contribution is 2.27. The normalized spacial score (nSPS) is 16.6. The van der Waals surface area contributed by atoms with Crippen LogP contribution in [0, 0.1) is 17.2 Å². The molecule has 0 amide bonds. The molecule has 3 nitrogen and oxygen atoms in total. The Morgan fingerprint density at radius 3 is 2.89 bits per heavy atom. The lowest BCUT2D eigenvalue weighted by Gasteiger charge is -2.20. The summed E-state index contributed by atoms with van der Waals surface area (Å²) in [6.45, 7) is 0. The van der Waals surface area contributed by atoms with Crippen molar-refractivity contribution in [3.8, 4) is 6.07 Å². The number of hydrogen-bond acceptors (Lipinski definition) is 2. The lowest BCUT2D eigenvalue weighted by molar-refractivity contribution is 0.337. The van der Waals surface area contributed by atoms with Gasteiger partial charge in [0, 0.05) is 12.6 Å². The molecule has 2 aromatic rings. The fourth-order valence-electron chi connectivity index (χ4n) is 3.17. The average molecular weight is 253 g/mol. The molecule has 3 heteroatoms. The highest BCUT2D eigenvalue weighted by molar-refractivity contribution is 5.58. The van der Waals surface area contributed by atoms with Gasteiger partial charge in [-0.25, -0.2) is 4.98 Å². The van der Waals surface area contributed by atoms with Gasteiger partial charge in [0.2, 0.25) is 0 Å². The predicted octanol–water partition coefficient (Wildman–Crippen LogP) is 3.72. The third kappa shape index (κ3) is 2.49. The molecule has 0 atom stereocenters.